The maximum atomic E-state index is 13.5. The monoisotopic (exact) mass is 590 g/mol. The van der Waals surface area contributed by atoms with E-state index in [0.717, 1.165) is 12.8 Å². The minimum atomic E-state index is -2.65. The molecule has 0 aliphatic carbocycles. The summed E-state index contributed by atoms with van der Waals surface area (Å²) in [4.78, 5) is 48.4. The molecule has 0 fully saturated rings. The van der Waals surface area contributed by atoms with Gasteiger partial charge >= 0.3 is 5.97 Å². The molecule has 2 aromatic carbocycles. The zero-order chi connectivity index (χ0) is 27.6. The fourth-order valence-electron chi connectivity index (χ4n) is 3.87. The van der Waals surface area contributed by atoms with E-state index in [2.05, 4.69) is 0 Å². The molecule has 6 nitrogen and oxygen atoms in total. The molecule has 7 heteroatoms. The second kappa shape index (κ2) is 19.3. The van der Waals surface area contributed by atoms with Crippen LogP contribution >= 0.6 is 7.14 Å². The van der Waals surface area contributed by atoms with Crippen LogP contribution in [0.2, 0.25) is 0 Å². The van der Waals surface area contributed by atoms with E-state index >= 15 is 0 Å². The van der Waals surface area contributed by atoms with Gasteiger partial charge in [-0.15, -0.1) is 0 Å². The quantitative estimate of drug-likeness (QED) is 0.116. The lowest BCUT2D eigenvalue weighted by Gasteiger charge is -2.32. The highest BCUT2D eigenvalue weighted by atomic mass is 31.2. The molecule has 2 rings (SSSR count). The highest BCUT2D eigenvalue weighted by Gasteiger charge is 2.35. The van der Waals surface area contributed by atoms with E-state index in [1.54, 1.807) is 55.2 Å². The number of benzene rings is 2. The highest BCUT2D eigenvalue weighted by Crippen LogP contribution is 2.56. The number of unbranched alkanes of at least 4 members (excludes halogenated alkanes) is 1. The van der Waals surface area contributed by atoms with Crippen LogP contribution in [0.25, 0.3) is 0 Å². The third kappa shape index (κ3) is 12.7. The number of rotatable bonds is 15. The van der Waals surface area contributed by atoms with Gasteiger partial charge in [0, 0.05) is 40.8 Å². The zero-order valence-corrected chi connectivity index (χ0v) is 23.6. The Labute approximate surface area is 250 Å². The number of ketones is 3. The lowest BCUT2D eigenvalue weighted by molar-refractivity contribution is 0.0491. The molecule has 0 bridgehead atoms. The van der Waals surface area contributed by atoms with Crippen molar-refractivity contribution in [3.8, 4) is 0 Å². The van der Waals surface area contributed by atoms with Crippen molar-refractivity contribution in [2.24, 2.45) is 0 Å². The topological polar surface area (TPSA) is 94.6 Å². The largest absolute Gasteiger partial charge is 0.462 e. The molecule has 0 N–H and O–H groups in total. The van der Waals surface area contributed by atoms with E-state index < -0.39 is 18.3 Å². The Bertz CT molecular complexity index is 1150. The molecule has 41 heavy (non-hydrogen) atoms. The van der Waals surface area contributed by atoms with Crippen LogP contribution in [0.15, 0.2) is 48.5 Å². The Morgan fingerprint density at radius 3 is 1.59 bits per heavy atom. The molecule has 0 aliphatic rings. The lowest BCUT2D eigenvalue weighted by atomic mass is 10.0. The molecular formula is C34H55O6P. The zero-order valence-electron chi connectivity index (χ0n) is 22.7. The molecule has 1 atom stereocenters. The molecule has 0 spiro atoms. The van der Waals surface area contributed by atoms with Crippen LogP contribution < -0.4 is 0 Å². The van der Waals surface area contributed by atoms with Crippen molar-refractivity contribution in [1.29, 1.82) is 0 Å². The molecule has 1 unspecified atom stereocenters. The number of Topliss-reactive ketones (excluding diaryl/α,β-unsaturated/α-hetero) is 3. The molecular weight excluding hydrogens is 535 g/mol. The number of carbonyl (C=O) groups is 4. The third-order valence-corrected chi connectivity index (χ3v) is 11.0. The van der Waals surface area contributed by atoms with Crippen LogP contribution in [0.3, 0.4) is 0 Å². The molecule has 0 aromatic heterocycles. The van der Waals surface area contributed by atoms with Gasteiger partial charge in [-0.1, -0.05) is 93.3 Å². The summed E-state index contributed by atoms with van der Waals surface area (Å²) in [6.07, 6.45) is 3.95. The van der Waals surface area contributed by atoms with E-state index in [1.807, 2.05) is 20.8 Å². The summed E-state index contributed by atoms with van der Waals surface area (Å²) in [6, 6.07) is 13.1. The van der Waals surface area contributed by atoms with Crippen LogP contribution in [-0.4, -0.2) is 47.9 Å². The predicted octanol–water partition coefficient (Wildman–Crippen LogP) is 9.79. The summed E-state index contributed by atoms with van der Waals surface area (Å²) < 4.78 is 18.9. The average Bonchev–Trinajstić information content (AvgIpc) is 2.86. The molecule has 0 aliphatic heterocycles. The molecule has 0 radical (unpaired) electrons. The second-order valence-electron chi connectivity index (χ2n) is 10.3. The number of carbonyl (C=O) groups excluding carboxylic acids is 4. The first kappa shape index (κ1) is 42.6. The van der Waals surface area contributed by atoms with Gasteiger partial charge in [0.25, 0.3) is 0 Å². The second-order valence-corrected chi connectivity index (χ2v) is 14.1. The minimum absolute atomic E-state index is 0. The molecule has 0 heterocycles. The van der Waals surface area contributed by atoms with Crippen LogP contribution in [-0.2, 0) is 9.30 Å². The third-order valence-electron chi connectivity index (χ3n) is 7.03. The lowest BCUT2D eigenvalue weighted by Crippen LogP contribution is -2.25. The van der Waals surface area contributed by atoms with E-state index in [9.17, 15) is 23.7 Å². The first-order chi connectivity index (χ1) is 17.4. The van der Waals surface area contributed by atoms with Gasteiger partial charge in [0.05, 0.1) is 19.3 Å². The molecule has 0 amide bonds. The number of ether oxygens (including phenoxy) is 1. The Kier molecular flexibility index (Phi) is 20.1. The predicted molar refractivity (Wildman–Crippen MR) is 175 cm³/mol. The van der Waals surface area contributed by atoms with Gasteiger partial charge in [-0.2, -0.15) is 0 Å². The number of hydrogen-bond acceptors (Lipinski definition) is 6. The van der Waals surface area contributed by atoms with Crippen molar-refractivity contribution < 1.29 is 28.5 Å². The summed E-state index contributed by atoms with van der Waals surface area (Å²) in [6.45, 7) is 9.18. The molecule has 0 saturated heterocycles. The SMILES string of the molecule is C.C.C.C.CCCCC(=O)c1ccc(C(=O)CCCP(C)(=O)C(C)(C)CCOC(=O)c2ccc(C(C)=O)cc2)cc1. The summed E-state index contributed by atoms with van der Waals surface area (Å²) >= 11 is 0. The van der Waals surface area contributed by atoms with Crippen LogP contribution in [0, 0.1) is 0 Å². The fourth-order valence-corrected chi connectivity index (χ4v) is 5.80. The minimum Gasteiger partial charge on any atom is -0.462 e. The first-order valence-corrected chi connectivity index (χ1v) is 15.2. The molecule has 2 aromatic rings. The Morgan fingerprint density at radius 2 is 1.15 bits per heavy atom. The van der Waals surface area contributed by atoms with Gasteiger partial charge in [-0.05, 0) is 45.0 Å². The maximum absolute atomic E-state index is 13.5. The Hall–Kier alpha value is -2.85. The summed E-state index contributed by atoms with van der Waals surface area (Å²) in [5.74, 6) is -0.503. The number of hydrogen-bond donors (Lipinski definition) is 0. The van der Waals surface area contributed by atoms with E-state index in [-0.39, 0.29) is 60.1 Å². The smallest absolute Gasteiger partial charge is 0.338 e. The summed E-state index contributed by atoms with van der Waals surface area (Å²) in [7, 11) is -2.65. The number of esters is 1. The standard InChI is InChI=1S/C30H39O6P.4CH4/c1-6-7-9-27(32)24-13-15-25(16-14-24)28(33)10-8-21-37(5,35)30(3,4)19-20-36-29(34)26-17-11-23(12-18-26)22(2)31;;;;/h11-18H,6-10,19-21H2,1-5H3;4*1H4. The Morgan fingerprint density at radius 1 is 0.732 bits per heavy atom. The van der Waals surface area contributed by atoms with Gasteiger partial charge in [0.1, 0.15) is 0 Å². The molecule has 0 saturated carbocycles. The van der Waals surface area contributed by atoms with Crippen molar-refractivity contribution in [2.75, 3.05) is 19.4 Å². The summed E-state index contributed by atoms with van der Waals surface area (Å²) in [5.41, 5.74) is 2.07. The highest BCUT2D eigenvalue weighted by molar-refractivity contribution is 7.64. The van der Waals surface area contributed by atoms with Gasteiger partial charge in [0.15, 0.2) is 17.3 Å². The van der Waals surface area contributed by atoms with Crippen LogP contribution in [0.4, 0.5) is 0 Å². The maximum Gasteiger partial charge on any atom is 0.338 e. The van der Waals surface area contributed by atoms with Gasteiger partial charge in [-0.3, -0.25) is 14.4 Å². The fraction of sp³-hybridized carbons (Fsp3) is 0.529. The first-order valence-electron chi connectivity index (χ1n) is 12.9. The van der Waals surface area contributed by atoms with Crippen LogP contribution in [0.5, 0.6) is 0 Å². The van der Waals surface area contributed by atoms with Crippen molar-refractivity contribution in [2.45, 2.75) is 101 Å². The van der Waals surface area contributed by atoms with Crippen LogP contribution in [0.1, 0.15) is 137 Å². The van der Waals surface area contributed by atoms with Crippen molar-refractivity contribution in [1.82, 2.24) is 0 Å². The van der Waals surface area contributed by atoms with Crippen molar-refractivity contribution in [3.63, 3.8) is 0 Å². The average molecular weight is 591 g/mol. The Balaban J connectivity index is -0.00000361. The van der Waals surface area contributed by atoms with Gasteiger partial charge < -0.3 is 9.30 Å². The summed E-state index contributed by atoms with van der Waals surface area (Å²) in [5, 5.41) is -0.560. The van der Waals surface area contributed by atoms with Gasteiger partial charge in [-0.25, -0.2) is 4.79 Å². The van der Waals surface area contributed by atoms with Gasteiger partial charge in [0.2, 0.25) is 0 Å². The van der Waals surface area contributed by atoms with E-state index in [4.69, 9.17) is 4.74 Å². The molecule has 232 valence electrons. The van der Waals surface area contributed by atoms with E-state index in [1.165, 1.54) is 6.92 Å². The van der Waals surface area contributed by atoms with E-state index in [0.29, 0.717) is 47.7 Å². The van der Waals surface area contributed by atoms with Crippen molar-refractivity contribution in [3.05, 3.63) is 70.8 Å². The normalized spacial score (nSPS) is 11.7. The van der Waals surface area contributed by atoms with Crippen molar-refractivity contribution >= 4 is 30.5 Å².